The Morgan fingerprint density at radius 2 is 1.79 bits per heavy atom. The number of methoxy groups -OCH3 is 2. The van der Waals surface area contributed by atoms with Crippen molar-refractivity contribution in [2.75, 3.05) is 57.2 Å². The SMILES string of the molecule is COC(=O)c1c(NC(=O)CN2CCN(c3cccc(OC)c3)CC2)sc2c1CCCCCC2. The molecule has 178 valence electrons. The zero-order chi connectivity index (χ0) is 23.2. The highest BCUT2D eigenvalue weighted by atomic mass is 32.1. The van der Waals surface area contributed by atoms with Crippen LogP contribution in [0.25, 0.3) is 0 Å². The summed E-state index contributed by atoms with van der Waals surface area (Å²) in [6.07, 6.45) is 6.43. The Hall–Kier alpha value is -2.58. The quantitative estimate of drug-likeness (QED) is 0.643. The standard InChI is InChI=1S/C25H33N3O4S/c1-31-19-9-7-8-18(16-19)28-14-12-27(13-15-28)17-22(29)26-24-23(25(30)32-2)20-10-5-3-4-6-11-21(20)33-24/h7-9,16H,3-6,10-15,17H2,1-2H3,(H,26,29). The number of aryl methyl sites for hydroxylation is 1. The second kappa shape index (κ2) is 11.0. The molecule has 0 saturated carbocycles. The van der Waals surface area contributed by atoms with Gasteiger partial charge in [0, 0.05) is 42.8 Å². The van der Waals surface area contributed by atoms with E-state index in [9.17, 15) is 9.59 Å². The second-order valence-corrected chi connectivity index (χ2v) is 9.73. The molecule has 1 aromatic carbocycles. The monoisotopic (exact) mass is 471 g/mol. The lowest BCUT2D eigenvalue weighted by atomic mass is 9.96. The first-order chi connectivity index (χ1) is 16.1. The molecule has 1 N–H and O–H groups in total. The third-order valence-electron chi connectivity index (χ3n) is 6.47. The van der Waals surface area contributed by atoms with Gasteiger partial charge >= 0.3 is 5.97 Å². The molecule has 0 bridgehead atoms. The minimum atomic E-state index is -0.352. The third kappa shape index (κ3) is 5.68. The van der Waals surface area contributed by atoms with E-state index in [2.05, 4.69) is 21.2 Å². The van der Waals surface area contributed by atoms with Gasteiger partial charge in [0.05, 0.1) is 26.3 Å². The first kappa shape index (κ1) is 23.6. The molecule has 1 fully saturated rings. The van der Waals surface area contributed by atoms with E-state index in [0.29, 0.717) is 17.1 Å². The number of esters is 1. The molecule has 0 atom stereocenters. The molecule has 2 heterocycles. The molecular weight excluding hydrogens is 438 g/mol. The molecule has 0 radical (unpaired) electrons. The number of amides is 1. The summed E-state index contributed by atoms with van der Waals surface area (Å²) in [4.78, 5) is 31.2. The highest BCUT2D eigenvalue weighted by Crippen LogP contribution is 2.37. The lowest BCUT2D eigenvalue weighted by Gasteiger charge is -2.35. The van der Waals surface area contributed by atoms with E-state index in [0.717, 1.165) is 68.9 Å². The lowest BCUT2D eigenvalue weighted by Crippen LogP contribution is -2.48. The molecule has 7 nitrogen and oxygen atoms in total. The van der Waals surface area contributed by atoms with Crippen molar-refractivity contribution in [3.05, 3.63) is 40.3 Å². The topological polar surface area (TPSA) is 71.1 Å². The normalized spacial score (nSPS) is 17.0. The van der Waals surface area contributed by atoms with Crippen molar-refractivity contribution in [1.82, 2.24) is 4.90 Å². The van der Waals surface area contributed by atoms with Crippen molar-refractivity contribution >= 4 is 33.9 Å². The summed E-state index contributed by atoms with van der Waals surface area (Å²) in [6.45, 7) is 3.61. The van der Waals surface area contributed by atoms with E-state index in [1.165, 1.54) is 24.8 Å². The van der Waals surface area contributed by atoms with Gasteiger partial charge in [0.1, 0.15) is 10.8 Å². The number of hydrogen-bond acceptors (Lipinski definition) is 7. The number of nitrogens with zero attached hydrogens (tertiary/aromatic N) is 2. The summed E-state index contributed by atoms with van der Waals surface area (Å²) >= 11 is 1.55. The molecule has 1 saturated heterocycles. The summed E-state index contributed by atoms with van der Waals surface area (Å²) in [7, 11) is 3.08. The van der Waals surface area contributed by atoms with E-state index in [-0.39, 0.29) is 11.9 Å². The van der Waals surface area contributed by atoms with Gasteiger partial charge in [-0.3, -0.25) is 9.69 Å². The minimum Gasteiger partial charge on any atom is -0.497 e. The fourth-order valence-corrected chi connectivity index (χ4v) is 5.96. The molecule has 8 heteroatoms. The van der Waals surface area contributed by atoms with Crippen molar-refractivity contribution in [3.63, 3.8) is 0 Å². The van der Waals surface area contributed by atoms with E-state index in [1.54, 1.807) is 18.4 Å². The Morgan fingerprint density at radius 3 is 2.52 bits per heavy atom. The van der Waals surface area contributed by atoms with E-state index >= 15 is 0 Å². The Labute approximate surface area is 199 Å². The third-order valence-corrected chi connectivity index (χ3v) is 7.68. The van der Waals surface area contributed by atoms with Crippen molar-refractivity contribution in [2.24, 2.45) is 0 Å². The number of hydrogen-bond donors (Lipinski definition) is 1. The van der Waals surface area contributed by atoms with E-state index in [1.807, 2.05) is 18.2 Å². The molecule has 1 aromatic heterocycles. The van der Waals surface area contributed by atoms with Crippen molar-refractivity contribution in [2.45, 2.75) is 38.5 Å². The first-order valence-electron chi connectivity index (χ1n) is 11.7. The number of rotatable bonds is 6. The van der Waals surface area contributed by atoms with Gasteiger partial charge in [-0.1, -0.05) is 18.9 Å². The summed E-state index contributed by atoms with van der Waals surface area (Å²) in [6, 6.07) is 8.07. The van der Waals surface area contributed by atoms with Crippen LogP contribution in [-0.4, -0.2) is 63.7 Å². The second-order valence-electron chi connectivity index (χ2n) is 8.63. The first-order valence-corrected chi connectivity index (χ1v) is 12.5. The van der Waals surface area contributed by atoms with Gasteiger partial charge < -0.3 is 19.7 Å². The van der Waals surface area contributed by atoms with Gasteiger partial charge in [0.15, 0.2) is 0 Å². The summed E-state index contributed by atoms with van der Waals surface area (Å²) < 4.78 is 10.4. The summed E-state index contributed by atoms with van der Waals surface area (Å²) in [5.41, 5.74) is 2.78. The van der Waals surface area contributed by atoms with Crippen LogP contribution in [0.3, 0.4) is 0 Å². The fraction of sp³-hybridized carbons (Fsp3) is 0.520. The summed E-state index contributed by atoms with van der Waals surface area (Å²) in [5.74, 6) is 0.417. The van der Waals surface area contributed by atoms with Gasteiger partial charge in [-0.05, 0) is 43.4 Å². The Bertz CT molecular complexity index is 982. The maximum absolute atomic E-state index is 12.9. The highest BCUT2D eigenvalue weighted by Gasteiger charge is 2.27. The maximum atomic E-state index is 12.9. The molecule has 4 rings (SSSR count). The number of benzene rings is 1. The zero-order valence-corrected chi connectivity index (χ0v) is 20.3. The molecular formula is C25H33N3O4S. The van der Waals surface area contributed by atoms with E-state index in [4.69, 9.17) is 9.47 Å². The van der Waals surface area contributed by atoms with Crippen LogP contribution in [0, 0.1) is 0 Å². The predicted octanol–water partition coefficient (Wildman–Crippen LogP) is 3.96. The van der Waals surface area contributed by atoms with Crippen LogP contribution in [0.1, 0.15) is 46.5 Å². The van der Waals surface area contributed by atoms with Crippen molar-refractivity contribution in [1.29, 1.82) is 0 Å². The van der Waals surface area contributed by atoms with Crippen LogP contribution in [-0.2, 0) is 22.4 Å². The van der Waals surface area contributed by atoms with Crippen LogP contribution < -0.4 is 15.0 Å². The summed E-state index contributed by atoms with van der Waals surface area (Å²) in [5, 5.41) is 3.68. The predicted molar refractivity (Wildman–Crippen MR) is 132 cm³/mol. The number of fused-ring (bicyclic) bond motifs is 1. The Balaban J connectivity index is 1.38. The van der Waals surface area contributed by atoms with Crippen molar-refractivity contribution in [3.8, 4) is 5.75 Å². The largest absolute Gasteiger partial charge is 0.497 e. The average molecular weight is 472 g/mol. The van der Waals surface area contributed by atoms with E-state index < -0.39 is 0 Å². The molecule has 0 unspecified atom stereocenters. The van der Waals surface area contributed by atoms with Gasteiger partial charge in [-0.25, -0.2) is 4.79 Å². The number of carbonyl (C=O) groups is 2. The number of nitrogens with one attached hydrogen (secondary N) is 1. The molecule has 1 aliphatic carbocycles. The fourth-order valence-electron chi connectivity index (χ4n) is 4.67. The Morgan fingerprint density at radius 1 is 1.03 bits per heavy atom. The van der Waals surface area contributed by atoms with Gasteiger partial charge in [0.2, 0.25) is 5.91 Å². The van der Waals surface area contributed by atoms with Crippen LogP contribution in [0.4, 0.5) is 10.7 Å². The number of piperazine rings is 1. The van der Waals surface area contributed by atoms with Crippen molar-refractivity contribution < 1.29 is 19.1 Å². The van der Waals surface area contributed by atoms with Crippen LogP contribution in [0.2, 0.25) is 0 Å². The van der Waals surface area contributed by atoms with Crippen LogP contribution in [0.5, 0.6) is 5.75 Å². The number of anilines is 2. The lowest BCUT2D eigenvalue weighted by molar-refractivity contribution is -0.117. The molecule has 33 heavy (non-hydrogen) atoms. The van der Waals surface area contributed by atoms with Gasteiger partial charge in [-0.2, -0.15) is 0 Å². The highest BCUT2D eigenvalue weighted by molar-refractivity contribution is 7.17. The molecule has 1 amide bonds. The Kier molecular flexibility index (Phi) is 7.88. The van der Waals surface area contributed by atoms with Crippen LogP contribution >= 0.6 is 11.3 Å². The zero-order valence-electron chi connectivity index (χ0n) is 19.5. The van der Waals surface area contributed by atoms with Gasteiger partial charge in [-0.15, -0.1) is 11.3 Å². The molecule has 2 aliphatic rings. The van der Waals surface area contributed by atoms with Gasteiger partial charge in [0.25, 0.3) is 0 Å². The number of ether oxygens (including phenoxy) is 2. The average Bonchev–Trinajstić information content (AvgIpc) is 3.14. The minimum absolute atomic E-state index is 0.0794. The van der Waals surface area contributed by atoms with Crippen LogP contribution in [0.15, 0.2) is 24.3 Å². The number of thiophene rings is 1. The molecule has 0 spiro atoms. The maximum Gasteiger partial charge on any atom is 0.341 e. The molecule has 1 aliphatic heterocycles. The molecule has 2 aromatic rings. The smallest absolute Gasteiger partial charge is 0.341 e. The number of carbonyl (C=O) groups excluding carboxylic acids is 2.